The number of hydrogen-bond donors (Lipinski definition) is 0. The van der Waals surface area contributed by atoms with E-state index >= 15 is 0 Å². The van der Waals surface area contributed by atoms with Crippen molar-refractivity contribution in [3.05, 3.63) is 28.3 Å². The molecule has 88 valence electrons. The number of benzene rings is 1. The third kappa shape index (κ3) is 2.18. The largest absolute Gasteiger partial charge is 0.495 e. The lowest BCUT2D eigenvalue weighted by atomic mass is 9.95. The van der Waals surface area contributed by atoms with E-state index in [2.05, 4.69) is 31.0 Å². The molecule has 3 heteroatoms. The molecule has 0 fully saturated rings. The first-order chi connectivity index (χ1) is 7.61. The number of rotatable bonds is 1. The highest BCUT2D eigenvalue weighted by Crippen LogP contribution is 2.33. The topological polar surface area (TPSA) is 12.5 Å². The second-order valence-corrected chi connectivity index (χ2v) is 5.01. The lowest BCUT2D eigenvalue weighted by Crippen LogP contribution is -2.22. The van der Waals surface area contributed by atoms with Crippen LogP contribution >= 0.6 is 11.6 Å². The van der Waals surface area contributed by atoms with Crippen LogP contribution in [0.25, 0.3) is 0 Å². The Morgan fingerprint density at radius 1 is 1.44 bits per heavy atom. The molecule has 2 rings (SSSR count). The van der Waals surface area contributed by atoms with E-state index in [0.717, 1.165) is 30.3 Å². The van der Waals surface area contributed by atoms with Gasteiger partial charge in [-0.25, -0.2) is 0 Å². The van der Waals surface area contributed by atoms with Gasteiger partial charge in [0.2, 0.25) is 0 Å². The Hall–Kier alpha value is -0.730. The molecule has 2 nitrogen and oxygen atoms in total. The predicted molar refractivity (Wildman–Crippen MR) is 67.6 cm³/mol. The van der Waals surface area contributed by atoms with Gasteiger partial charge in [-0.05, 0) is 42.6 Å². The Kier molecular flexibility index (Phi) is 3.41. The van der Waals surface area contributed by atoms with E-state index in [-0.39, 0.29) is 0 Å². The van der Waals surface area contributed by atoms with Crippen LogP contribution in [-0.2, 0) is 6.42 Å². The highest BCUT2D eigenvalue weighted by molar-refractivity contribution is 6.32. The molecule has 1 aromatic carbocycles. The molecule has 0 bridgehead atoms. The first-order valence-electron chi connectivity index (χ1n) is 5.66. The molecule has 1 heterocycles. The van der Waals surface area contributed by atoms with Gasteiger partial charge in [-0.1, -0.05) is 18.5 Å². The summed E-state index contributed by atoms with van der Waals surface area (Å²) in [7, 11) is 3.83. The van der Waals surface area contributed by atoms with E-state index < -0.39 is 0 Å². The molecule has 0 radical (unpaired) electrons. The van der Waals surface area contributed by atoms with Gasteiger partial charge in [-0.3, -0.25) is 0 Å². The summed E-state index contributed by atoms with van der Waals surface area (Å²) in [6.45, 7) is 4.45. The molecule has 1 aliphatic rings. The Morgan fingerprint density at radius 3 is 2.88 bits per heavy atom. The molecule has 0 saturated heterocycles. The quantitative estimate of drug-likeness (QED) is 0.747. The van der Waals surface area contributed by atoms with Crippen LogP contribution in [0.15, 0.2) is 12.1 Å². The zero-order valence-electron chi connectivity index (χ0n) is 10.1. The molecule has 0 saturated carbocycles. The van der Waals surface area contributed by atoms with Gasteiger partial charge in [0.05, 0.1) is 12.1 Å². The van der Waals surface area contributed by atoms with Crippen LogP contribution in [0.2, 0.25) is 5.02 Å². The fraction of sp³-hybridized carbons (Fsp3) is 0.538. The SMILES string of the molecule is COc1cc2c(cc1Cl)C(C)CN(C)CC2. The van der Waals surface area contributed by atoms with Crippen LogP contribution in [0.4, 0.5) is 0 Å². The molecule has 0 spiro atoms. The molecule has 0 amide bonds. The summed E-state index contributed by atoms with van der Waals surface area (Å²) in [5, 5.41) is 0.720. The van der Waals surface area contributed by atoms with Gasteiger partial charge < -0.3 is 9.64 Å². The molecule has 16 heavy (non-hydrogen) atoms. The standard InChI is InChI=1S/C13H18ClNO/c1-9-8-15(2)5-4-10-6-13(16-3)12(14)7-11(9)10/h6-7,9H,4-5,8H2,1-3H3. The van der Waals surface area contributed by atoms with Crippen molar-refractivity contribution in [2.24, 2.45) is 0 Å². The van der Waals surface area contributed by atoms with Crippen molar-refractivity contribution in [3.8, 4) is 5.75 Å². The normalized spacial score (nSPS) is 21.4. The summed E-state index contributed by atoms with van der Waals surface area (Å²) >= 11 is 6.18. The van der Waals surface area contributed by atoms with Crippen molar-refractivity contribution in [2.75, 3.05) is 27.2 Å². The Morgan fingerprint density at radius 2 is 2.19 bits per heavy atom. The van der Waals surface area contributed by atoms with Crippen molar-refractivity contribution in [1.29, 1.82) is 0 Å². The van der Waals surface area contributed by atoms with Crippen molar-refractivity contribution in [3.63, 3.8) is 0 Å². The summed E-state index contributed by atoms with van der Waals surface area (Å²) in [4.78, 5) is 2.37. The highest BCUT2D eigenvalue weighted by Gasteiger charge is 2.19. The summed E-state index contributed by atoms with van der Waals surface area (Å²) in [5.74, 6) is 1.32. The molecule has 1 atom stereocenters. The van der Waals surface area contributed by atoms with Crippen LogP contribution < -0.4 is 4.74 Å². The number of likely N-dealkylation sites (N-methyl/N-ethyl adjacent to an activating group) is 1. The third-order valence-corrected chi connectivity index (χ3v) is 3.59. The molecule has 1 aliphatic heterocycles. The van der Waals surface area contributed by atoms with E-state index in [1.807, 2.05) is 0 Å². The maximum absolute atomic E-state index is 6.18. The molecular formula is C13H18ClNO. The number of hydrogen-bond acceptors (Lipinski definition) is 2. The summed E-state index contributed by atoms with van der Waals surface area (Å²) in [5.41, 5.74) is 2.74. The minimum atomic E-state index is 0.533. The Bertz CT molecular complexity index is 392. The molecule has 0 N–H and O–H groups in total. The molecule has 1 unspecified atom stereocenters. The smallest absolute Gasteiger partial charge is 0.137 e. The summed E-state index contributed by atoms with van der Waals surface area (Å²) in [6.07, 6.45) is 1.07. The van der Waals surface area contributed by atoms with Crippen molar-refractivity contribution in [1.82, 2.24) is 4.90 Å². The van der Waals surface area contributed by atoms with Gasteiger partial charge in [-0.2, -0.15) is 0 Å². The first kappa shape index (κ1) is 11.7. The fourth-order valence-electron chi connectivity index (χ4n) is 2.41. The van der Waals surface area contributed by atoms with Crippen molar-refractivity contribution >= 4 is 11.6 Å². The van der Waals surface area contributed by atoms with E-state index in [0.29, 0.717) is 5.92 Å². The Balaban J connectivity index is 2.43. The Labute approximate surface area is 102 Å². The fourth-order valence-corrected chi connectivity index (χ4v) is 2.66. The zero-order valence-corrected chi connectivity index (χ0v) is 10.8. The lowest BCUT2D eigenvalue weighted by Gasteiger charge is -2.17. The van der Waals surface area contributed by atoms with E-state index in [9.17, 15) is 0 Å². The zero-order chi connectivity index (χ0) is 11.7. The molecule has 0 aliphatic carbocycles. The van der Waals surface area contributed by atoms with E-state index in [4.69, 9.17) is 16.3 Å². The number of nitrogens with zero attached hydrogens (tertiary/aromatic N) is 1. The number of halogens is 1. The van der Waals surface area contributed by atoms with Crippen molar-refractivity contribution < 1.29 is 4.74 Å². The van der Waals surface area contributed by atoms with Crippen molar-refractivity contribution in [2.45, 2.75) is 19.3 Å². The van der Waals surface area contributed by atoms with Gasteiger partial charge in [0.1, 0.15) is 5.75 Å². The van der Waals surface area contributed by atoms with Gasteiger partial charge >= 0.3 is 0 Å². The predicted octanol–water partition coefficient (Wildman–Crippen LogP) is 2.94. The average molecular weight is 240 g/mol. The van der Waals surface area contributed by atoms with Crippen LogP contribution in [-0.4, -0.2) is 32.1 Å². The van der Waals surface area contributed by atoms with Gasteiger partial charge in [0, 0.05) is 13.1 Å². The van der Waals surface area contributed by atoms with Crippen LogP contribution in [0, 0.1) is 0 Å². The lowest BCUT2D eigenvalue weighted by molar-refractivity contribution is 0.332. The van der Waals surface area contributed by atoms with Gasteiger partial charge in [0.15, 0.2) is 0 Å². The third-order valence-electron chi connectivity index (χ3n) is 3.29. The summed E-state index contributed by atoms with van der Waals surface area (Å²) < 4.78 is 5.27. The second-order valence-electron chi connectivity index (χ2n) is 4.60. The van der Waals surface area contributed by atoms with Crippen LogP contribution in [0.5, 0.6) is 5.75 Å². The maximum Gasteiger partial charge on any atom is 0.137 e. The molecule has 0 aromatic heterocycles. The summed E-state index contributed by atoms with van der Waals surface area (Å²) in [6, 6.07) is 4.16. The molecule has 1 aromatic rings. The van der Waals surface area contributed by atoms with Gasteiger partial charge in [-0.15, -0.1) is 0 Å². The second kappa shape index (κ2) is 4.64. The molecular weight excluding hydrogens is 222 g/mol. The highest BCUT2D eigenvalue weighted by atomic mass is 35.5. The monoisotopic (exact) mass is 239 g/mol. The van der Waals surface area contributed by atoms with E-state index in [1.165, 1.54) is 11.1 Å². The number of fused-ring (bicyclic) bond motifs is 1. The minimum absolute atomic E-state index is 0.533. The first-order valence-corrected chi connectivity index (χ1v) is 6.04. The maximum atomic E-state index is 6.18. The van der Waals surface area contributed by atoms with Crippen LogP contribution in [0.3, 0.4) is 0 Å². The number of methoxy groups -OCH3 is 1. The van der Waals surface area contributed by atoms with Crippen LogP contribution in [0.1, 0.15) is 24.0 Å². The minimum Gasteiger partial charge on any atom is -0.495 e. The number of ether oxygens (including phenoxy) is 1. The van der Waals surface area contributed by atoms with Gasteiger partial charge in [0.25, 0.3) is 0 Å². The average Bonchev–Trinajstić information content (AvgIpc) is 2.38. The van der Waals surface area contributed by atoms with E-state index in [1.54, 1.807) is 7.11 Å².